The van der Waals surface area contributed by atoms with Crippen molar-refractivity contribution in [3.8, 4) is 11.5 Å². The molecule has 0 aliphatic heterocycles. The molecule has 0 saturated carbocycles. The minimum absolute atomic E-state index is 0.0900. The number of ether oxygens (including phenoxy) is 2. The van der Waals surface area contributed by atoms with Crippen molar-refractivity contribution in [3.63, 3.8) is 0 Å². The molecule has 3 rings (SSSR count). The Morgan fingerprint density at radius 3 is 2.73 bits per heavy atom. The zero-order valence-corrected chi connectivity index (χ0v) is 15.4. The first-order valence-electron chi connectivity index (χ1n) is 7.76. The van der Waals surface area contributed by atoms with Gasteiger partial charge in [-0.05, 0) is 18.6 Å². The first kappa shape index (κ1) is 18.4. The fraction of sp³-hybridized carbons (Fsp3) is 0.211. The van der Waals surface area contributed by atoms with Crippen LogP contribution in [0.15, 0.2) is 46.9 Å². The summed E-state index contributed by atoms with van der Waals surface area (Å²) < 4.78 is 40.9. The van der Waals surface area contributed by atoms with E-state index >= 15 is 0 Å². The summed E-state index contributed by atoms with van der Waals surface area (Å²) in [5, 5.41) is 0.607. The van der Waals surface area contributed by atoms with Crippen LogP contribution >= 0.6 is 15.9 Å². The van der Waals surface area contributed by atoms with Crippen molar-refractivity contribution in [3.05, 3.63) is 59.4 Å². The topological polar surface area (TPSA) is 48.7 Å². The van der Waals surface area contributed by atoms with Gasteiger partial charge in [0.05, 0.1) is 10.7 Å². The van der Waals surface area contributed by atoms with Crippen molar-refractivity contribution in [1.82, 2.24) is 0 Å². The Balaban J connectivity index is 1.96. The monoisotopic (exact) mass is 424 g/mol. The van der Waals surface area contributed by atoms with Crippen LogP contribution in [0.2, 0.25) is 0 Å². The Morgan fingerprint density at radius 1 is 1.23 bits per heavy atom. The van der Waals surface area contributed by atoms with Crippen LogP contribution in [0.5, 0.6) is 11.5 Å². The molecule has 7 heteroatoms. The average Bonchev–Trinajstić information content (AvgIpc) is 3.02. The van der Waals surface area contributed by atoms with E-state index in [-0.39, 0.29) is 34.8 Å². The number of Topliss-reactive ketones (excluding diaryl/α,β-unsaturated/α-hetero) is 1. The number of ketones is 1. The highest BCUT2D eigenvalue weighted by Gasteiger charge is 2.17. The van der Waals surface area contributed by atoms with Crippen LogP contribution < -0.4 is 9.47 Å². The predicted octanol–water partition coefficient (Wildman–Crippen LogP) is 5.50. The summed E-state index contributed by atoms with van der Waals surface area (Å²) in [4.78, 5) is 11.8. The highest BCUT2D eigenvalue weighted by Crippen LogP contribution is 2.35. The van der Waals surface area contributed by atoms with Gasteiger partial charge in [-0.25, -0.2) is 0 Å². The van der Waals surface area contributed by atoms with Gasteiger partial charge in [-0.1, -0.05) is 45.8 Å². The third-order valence-electron chi connectivity index (χ3n) is 3.67. The minimum Gasteiger partial charge on any atom is -0.488 e. The smallest absolute Gasteiger partial charge is 0.387 e. The van der Waals surface area contributed by atoms with E-state index in [0.29, 0.717) is 11.1 Å². The number of rotatable bonds is 7. The largest absolute Gasteiger partial charge is 0.488 e. The average molecular weight is 425 g/mol. The summed E-state index contributed by atoms with van der Waals surface area (Å²) >= 11 is 3.08. The van der Waals surface area contributed by atoms with Gasteiger partial charge in [0, 0.05) is 12.1 Å². The van der Waals surface area contributed by atoms with E-state index in [1.807, 2.05) is 31.2 Å². The zero-order valence-electron chi connectivity index (χ0n) is 13.8. The quantitative estimate of drug-likeness (QED) is 0.371. The third kappa shape index (κ3) is 4.22. The van der Waals surface area contributed by atoms with E-state index in [4.69, 9.17) is 9.15 Å². The van der Waals surface area contributed by atoms with Gasteiger partial charge < -0.3 is 13.9 Å². The van der Waals surface area contributed by atoms with Gasteiger partial charge in [0.25, 0.3) is 0 Å². The van der Waals surface area contributed by atoms with Crippen LogP contribution in [0.3, 0.4) is 0 Å². The van der Waals surface area contributed by atoms with Crippen molar-refractivity contribution in [1.29, 1.82) is 0 Å². The van der Waals surface area contributed by atoms with Crippen molar-refractivity contribution in [2.45, 2.75) is 20.1 Å². The van der Waals surface area contributed by atoms with Crippen LogP contribution in [0, 0.1) is 6.92 Å². The molecule has 0 fully saturated rings. The molecule has 4 nitrogen and oxygen atoms in total. The number of halogens is 3. The fourth-order valence-electron chi connectivity index (χ4n) is 2.54. The van der Waals surface area contributed by atoms with Gasteiger partial charge in [-0.15, -0.1) is 0 Å². The Morgan fingerprint density at radius 2 is 2.04 bits per heavy atom. The molecule has 1 aromatic heterocycles. The van der Waals surface area contributed by atoms with E-state index < -0.39 is 6.61 Å². The van der Waals surface area contributed by atoms with E-state index in [1.165, 1.54) is 18.2 Å². The molecule has 0 saturated heterocycles. The van der Waals surface area contributed by atoms with Crippen LogP contribution in [0.4, 0.5) is 8.78 Å². The van der Waals surface area contributed by atoms with Gasteiger partial charge >= 0.3 is 6.61 Å². The van der Waals surface area contributed by atoms with E-state index in [2.05, 4.69) is 20.7 Å². The molecule has 0 spiro atoms. The maximum Gasteiger partial charge on any atom is 0.387 e. The van der Waals surface area contributed by atoms with Crippen LogP contribution in [-0.2, 0) is 6.61 Å². The second-order valence-corrected chi connectivity index (χ2v) is 6.22. The number of aryl methyl sites for hydroxylation is 1. The maximum absolute atomic E-state index is 12.6. The second kappa shape index (κ2) is 7.86. The lowest BCUT2D eigenvalue weighted by Gasteiger charge is -2.10. The SMILES string of the molecule is Cc1cccc(COc2cc(OC(F)F)cc3oc(C(=O)CBr)cc23)c1. The molecular formula is C19H15BrF2O4. The number of alkyl halides is 3. The fourth-order valence-corrected chi connectivity index (χ4v) is 2.82. The van der Waals surface area contributed by atoms with Gasteiger partial charge in [0.2, 0.25) is 5.78 Å². The predicted molar refractivity (Wildman–Crippen MR) is 96.5 cm³/mol. The molecule has 0 aliphatic carbocycles. The van der Waals surface area contributed by atoms with Crippen LogP contribution in [0.1, 0.15) is 21.7 Å². The van der Waals surface area contributed by atoms with Gasteiger partial charge in [0.15, 0.2) is 5.76 Å². The number of benzene rings is 2. The number of furan rings is 1. The van der Waals surface area contributed by atoms with Gasteiger partial charge in [-0.3, -0.25) is 4.79 Å². The highest BCUT2D eigenvalue weighted by atomic mass is 79.9. The van der Waals surface area contributed by atoms with Gasteiger partial charge in [-0.2, -0.15) is 8.78 Å². The van der Waals surface area contributed by atoms with Gasteiger partial charge in [0.1, 0.15) is 23.7 Å². The molecular weight excluding hydrogens is 410 g/mol. The molecule has 0 bridgehead atoms. The van der Waals surface area contributed by atoms with Crippen molar-refractivity contribution < 1.29 is 27.5 Å². The Kier molecular flexibility index (Phi) is 5.56. The second-order valence-electron chi connectivity index (χ2n) is 5.66. The summed E-state index contributed by atoms with van der Waals surface area (Å²) in [6.45, 7) is -0.773. The Bertz CT molecular complexity index is 936. The van der Waals surface area contributed by atoms with Crippen LogP contribution in [0.25, 0.3) is 11.0 Å². The molecule has 0 atom stereocenters. The minimum atomic E-state index is -2.98. The number of hydrogen-bond donors (Lipinski definition) is 0. The van der Waals surface area contributed by atoms with Crippen molar-refractivity contribution in [2.24, 2.45) is 0 Å². The number of fused-ring (bicyclic) bond motifs is 1. The molecule has 0 amide bonds. The molecule has 26 heavy (non-hydrogen) atoms. The summed E-state index contributed by atoms with van der Waals surface area (Å²) in [6, 6.07) is 12.0. The third-order valence-corrected chi connectivity index (χ3v) is 4.18. The molecule has 2 aromatic carbocycles. The summed E-state index contributed by atoms with van der Waals surface area (Å²) in [7, 11) is 0. The number of hydrogen-bond acceptors (Lipinski definition) is 4. The number of carbonyl (C=O) groups is 1. The standard InChI is InChI=1S/C19H15BrF2O4/c1-11-3-2-4-12(5-11)10-24-16-6-13(25-19(21)22)7-17-14(16)8-18(26-17)15(23)9-20/h2-8,19H,9-10H2,1H3. The number of carbonyl (C=O) groups excluding carboxylic acids is 1. The highest BCUT2D eigenvalue weighted by molar-refractivity contribution is 9.09. The van der Waals surface area contributed by atoms with Crippen LogP contribution in [-0.4, -0.2) is 17.7 Å². The maximum atomic E-state index is 12.6. The molecule has 0 aliphatic rings. The Hall–Kier alpha value is -2.41. The lowest BCUT2D eigenvalue weighted by molar-refractivity contribution is -0.0498. The molecule has 0 N–H and O–H groups in total. The Labute approximate surface area is 156 Å². The van der Waals surface area contributed by atoms with E-state index in [0.717, 1.165) is 11.1 Å². The zero-order chi connectivity index (χ0) is 18.7. The summed E-state index contributed by atoms with van der Waals surface area (Å²) in [6.07, 6.45) is 0. The molecule has 0 radical (unpaired) electrons. The summed E-state index contributed by atoms with van der Waals surface area (Å²) in [5.74, 6) is 0.0598. The lowest BCUT2D eigenvalue weighted by atomic mass is 10.1. The first-order valence-corrected chi connectivity index (χ1v) is 8.88. The van der Waals surface area contributed by atoms with Crippen molar-refractivity contribution >= 4 is 32.7 Å². The van der Waals surface area contributed by atoms with E-state index in [1.54, 1.807) is 0 Å². The first-order chi connectivity index (χ1) is 12.5. The van der Waals surface area contributed by atoms with Crippen molar-refractivity contribution in [2.75, 3.05) is 5.33 Å². The molecule has 0 unspecified atom stereocenters. The molecule has 136 valence electrons. The summed E-state index contributed by atoms with van der Waals surface area (Å²) in [5.41, 5.74) is 2.25. The molecule has 3 aromatic rings. The lowest BCUT2D eigenvalue weighted by Crippen LogP contribution is -2.02. The molecule has 1 heterocycles. The van der Waals surface area contributed by atoms with E-state index in [9.17, 15) is 13.6 Å². The normalized spacial score (nSPS) is 11.1.